The van der Waals surface area contributed by atoms with Crippen molar-refractivity contribution in [3.05, 3.63) is 0 Å². The standard InChI is InChI=1S/C8H22O4S3Si2/c1-9-7(10-2,16-5)13-15-14-8(11-3,12-4)17-6/h16-17H2,1-6H3. The zero-order valence-corrected chi connectivity index (χ0v) is 16.5. The molecule has 0 aliphatic rings. The molecule has 17 heavy (non-hydrogen) atoms. The summed E-state index contributed by atoms with van der Waals surface area (Å²) in [6.45, 7) is 4.33. The second-order valence-corrected chi connectivity index (χ2v) is 11.8. The molecule has 0 aromatic rings. The van der Waals surface area contributed by atoms with Gasteiger partial charge in [0, 0.05) is 28.4 Å². The van der Waals surface area contributed by atoms with E-state index in [0.717, 1.165) is 0 Å². The molecule has 0 aliphatic heterocycles. The fourth-order valence-electron chi connectivity index (χ4n) is 1.12. The van der Waals surface area contributed by atoms with E-state index in [1.165, 1.54) is 0 Å². The summed E-state index contributed by atoms with van der Waals surface area (Å²) in [5.41, 5.74) is 0. The van der Waals surface area contributed by atoms with Crippen LogP contribution in [-0.2, 0) is 18.9 Å². The van der Waals surface area contributed by atoms with E-state index >= 15 is 0 Å². The molecule has 0 saturated carbocycles. The van der Waals surface area contributed by atoms with Crippen LogP contribution in [0.3, 0.4) is 0 Å². The molecule has 0 N–H and O–H groups in total. The third-order valence-corrected chi connectivity index (χ3v) is 13.6. The van der Waals surface area contributed by atoms with E-state index in [1.54, 1.807) is 59.9 Å². The average Bonchev–Trinajstić information content (AvgIpc) is 2.41. The summed E-state index contributed by atoms with van der Waals surface area (Å²) in [7, 11) is 10.7. The van der Waals surface area contributed by atoms with Crippen molar-refractivity contribution in [1.29, 1.82) is 0 Å². The molecule has 0 fully saturated rings. The van der Waals surface area contributed by atoms with Crippen molar-refractivity contribution in [3.8, 4) is 0 Å². The Kier molecular flexibility index (Phi) is 9.98. The van der Waals surface area contributed by atoms with Crippen molar-refractivity contribution in [2.45, 2.75) is 22.6 Å². The molecular weight excluding hydrogens is 312 g/mol. The van der Waals surface area contributed by atoms with Crippen LogP contribution in [0.15, 0.2) is 0 Å². The second-order valence-electron chi connectivity index (χ2n) is 3.12. The molecular formula is C8H22O4S3Si2. The van der Waals surface area contributed by atoms with Gasteiger partial charge in [-0.15, -0.1) is 0 Å². The van der Waals surface area contributed by atoms with Crippen LogP contribution in [0.4, 0.5) is 0 Å². The predicted octanol–water partition coefficient (Wildman–Crippen LogP) is 1.26. The van der Waals surface area contributed by atoms with E-state index in [2.05, 4.69) is 13.1 Å². The zero-order valence-electron chi connectivity index (χ0n) is 11.3. The first-order valence-electron chi connectivity index (χ1n) is 5.31. The minimum absolute atomic E-state index is 0.448. The van der Waals surface area contributed by atoms with Crippen LogP contribution in [0.2, 0.25) is 13.1 Å². The zero-order chi connectivity index (χ0) is 13.4. The average molecular weight is 335 g/mol. The summed E-state index contributed by atoms with van der Waals surface area (Å²) in [5, 5.41) is 0. The van der Waals surface area contributed by atoms with Crippen molar-refractivity contribution in [2.75, 3.05) is 28.4 Å². The highest BCUT2D eigenvalue weighted by Gasteiger charge is 2.33. The number of rotatable bonds is 10. The van der Waals surface area contributed by atoms with Gasteiger partial charge in [0.25, 0.3) is 0 Å². The van der Waals surface area contributed by atoms with Gasteiger partial charge in [0.2, 0.25) is 0 Å². The number of methoxy groups -OCH3 is 4. The minimum atomic E-state index is -0.458. The van der Waals surface area contributed by atoms with Gasteiger partial charge in [0.05, 0.1) is 0 Å². The summed E-state index contributed by atoms with van der Waals surface area (Å²) >= 11 is 0. The quantitative estimate of drug-likeness (QED) is 0.338. The Labute approximate surface area is 120 Å². The smallest absolute Gasteiger partial charge is 0.200 e. The first-order valence-corrected chi connectivity index (χ1v) is 13.0. The van der Waals surface area contributed by atoms with Crippen LogP contribution >= 0.6 is 31.4 Å². The van der Waals surface area contributed by atoms with Gasteiger partial charge in [-0.1, -0.05) is 13.1 Å². The fraction of sp³-hybridized carbons (Fsp3) is 1.00. The third-order valence-electron chi connectivity index (χ3n) is 2.43. The molecule has 0 unspecified atom stereocenters. The van der Waals surface area contributed by atoms with Gasteiger partial charge < -0.3 is 18.9 Å². The monoisotopic (exact) mass is 334 g/mol. The van der Waals surface area contributed by atoms with Crippen LogP contribution in [0.25, 0.3) is 0 Å². The lowest BCUT2D eigenvalue weighted by Crippen LogP contribution is -2.36. The maximum absolute atomic E-state index is 5.45. The Bertz CT molecular complexity index is 167. The van der Waals surface area contributed by atoms with E-state index in [0.29, 0.717) is 0 Å². The molecule has 0 spiro atoms. The molecule has 104 valence electrons. The van der Waals surface area contributed by atoms with Crippen molar-refractivity contribution in [2.24, 2.45) is 0 Å². The highest BCUT2D eigenvalue weighted by atomic mass is 33.5. The maximum Gasteiger partial charge on any atom is 0.200 e. The molecule has 0 atom stereocenters. The molecule has 0 radical (unpaired) electrons. The summed E-state index contributed by atoms with van der Waals surface area (Å²) < 4.78 is 20.9. The number of hydrogen-bond donors (Lipinski definition) is 0. The Hall–Kier alpha value is 1.32. The summed E-state index contributed by atoms with van der Waals surface area (Å²) in [6, 6.07) is 0. The summed E-state index contributed by atoms with van der Waals surface area (Å²) in [5.74, 6) is 0. The first-order chi connectivity index (χ1) is 8.07. The Balaban J connectivity index is 4.28. The van der Waals surface area contributed by atoms with E-state index in [9.17, 15) is 0 Å². The predicted molar refractivity (Wildman–Crippen MR) is 85.1 cm³/mol. The SMILES string of the molecule is COC(OC)([SiH2]C)SSSC(OC)(OC)[SiH2]C. The van der Waals surface area contributed by atoms with Crippen molar-refractivity contribution < 1.29 is 18.9 Å². The van der Waals surface area contributed by atoms with Gasteiger partial charge in [0.1, 0.15) is 19.0 Å². The lowest BCUT2D eigenvalue weighted by Gasteiger charge is -2.31. The Morgan fingerprint density at radius 3 is 1.18 bits per heavy atom. The molecule has 0 aliphatic carbocycles. The van der Waals surface area contributed by atoms with Crippen molar-refractivity contribution in [1.82, 2.24) is 0 Å². The molecule has 0 saturated heterocycles. The molecule has 0 bridgehead atoms. The normalized spacial score (nSPS) is 14.5. The lowest BCUT2D eigenvalue weighted by molar-refractivity contribution is -0.0722. The largest absolute Gasteiger partial charge is 0.348 e. The van der Waals surface area contributed by atoms with Crippen LogP contribution in [-0.4, -0.2) is 57.0 Å². The van der Waals surface area contributed by atoms with Gasteiger partial charge in [0.15, 0.2) is 9.48 Å². The molecule has 0 aromatic heterocycles. The number of ether oxygens (including phenoxy) is 4. The lowest BCUT2D eigenvalue weighted by atomic mass is 11.3. The van der Waals surface area contributed by atoms with Gasteiger partial charge in [-0.2, -0.15) is 0 Å². The van der Waals surface area contributed by atoms with Gasteiger partial charge in [-0.25, -0.2) is 0 Å². The summed E-state index contributed by atoms with van der Waals surface area (Å²) in [4.78, 5) is 0. The van der Waals surface area contributed by atoms with Crippen LogP contribution < -0.4 is 0 Å². The Morgan fingerprint density at radius 2 is 1.00 bits per heavy atom. The molecule has 0 heterocycles. The second kappa shape index (κ2) is 9.26. The first kappa shape index (κ1) is 18.3. The molecule has 0 amide bonds. The van der Waals surface area contributed by atoms with E-state index in [1.807, 2.05) is 0 Å². The minimum Gasteiger partial charge on any atom is -0.348 e. The van der Waals surface area contributed by atoms with E-state index in [-0.39, 0.29) is 0 Å². The fourth-order valence-corrected chi connectivity index (χ4v) is 12.2. The highest BCUT2D eigenvalue weighted by molar-refractivity contribution is 9.10. The summed E-state index contributed by atoms with van der Waals surface area (Å²) in [6.07, 6.45) is 0. The van der Waals surface area contributed by atoms with E-state index < -0.39 is 28.5 Å². The van der Waals surface area contributed by atoms with Gasteiger partial charge >= 0.3 is 0 Å². The molecule has 0 rings (SSSR count). The Morgan fingerprint density at radius 1 is 0.706 bits per heavy atom. The molecule has 9 heteroatoms. The highest BCUT2D eigenvalue weighted by Crippen LogP contribution is 2.49. The van der Waals surface area contributed by atoms with Gasteiger partial charge in [-0.3, -0.25) is 0 Å². The van der Waals surface area contributed by atoms with Crippen molar-refractivity contribution in [3.63, 3.8) is 0 Å². The number of hydrogen-bond acceptors (Lipinski definition) is 7. The van der Waals surface area contributed by atoms with Crippen LogP contribution in [0.1, 0.15) is 0 Å². The maximum atomic E-state index is 5.45. The van der Waals surface area contributed by atoms with Crippen molar-refractivity contribution >= 4 is 50.5 Å². The van der Waals surface area contributed by atoms with Crippen LogP contribution in [0, 0.1) is 0 Å². The molecule has 4 nitrogen and oxygen atoms in total. The third kappa shape index (κ3) is 5.45. The van der Waals surface area contributed by atoms with Gasteiger partial charge in [-0.05, 0) is 31.4 Å². The topological polar surface area (TPSA) is 36.9 Å². The van der Waals surface area contributed by atoms with E-state index in [4.69, 9.17) is 18.9 Å². The molecule has 0 aromatic carbocycles. The van der Waals surface area contributed by atoms with Crippen LogP contribution in [0.5, 0.6) is 0 Å².